The fourth-order valence-corrected chi connectivity index (χ4v) is 6.96. The lowest BCUT2D eigenvalue weighted by Gasteiger charge is -2.26. The molecule has 0 radical (unpaired) electrons. The van der Waals surface area contributed by atoms with E-state index in [4.69, 9.17) is 23.2 Å². The summed E-state index contributed by atoms with van der Waals surface area (Å²) < 4.78 is 27.7. The van der Waals surface area contributed by atoms with Crippen LogP contribution in [0.4, 0.5) is 5.69 Å². The van der Waals surface area contributed by atoms with Gasteiger partial charge < -0.3 is 0 Å². The van der Waals surface area contributed by atoms with Gasteiger partial charge in [-0.15, -0.1) is 0 Å². The van der Waals surface area contributed by atoms with E-state index in [1.807, 2.05) is 0 Å². The van der Waals surface area contributed by atoms with E-state index in [0.29, 0.717) is 44.4 Å². The molecule has 1 saturated heterocycles. The summed E-state index contributed by atoms with van der Waals surface area (Å²) in [4.78, 5) is 11.4. The van der Waals surface area contributed by atoms with Gasteiger partial charge in [0.05, 0.1) is 9.95 Å². The van der Waals surface area contributed by atoms with Crippen LogP contribution in [0, 0.1) is 10.1 Å². The standard InChI is InChI=1S/C16H14Cl2N2O4S3/c17-11-1-3-13(18)15(9-11)26-14-4-2-12(20(21)22)10-16(14)27(23,24)19-5-7-25-8-6-19/h1-4,9-10H,5-8H2. The maximum absolute atomic E-state index is 13.1. The van der Waals surface area contributed by atoms with E-state index in [2.05, 4.69) is 0 Å². The third-order valence-electron chi connectivity index (χ3n) is 3.84. The highest BCUT2D eigenvalue weighted by Crippen LogP contribution is 2.40. The lowest BCUT2D eigenvalue weighted by molar-refractivity contribution is -0.385. The summed E-state index contributed by atoms with van der Waals surface area (Å²) in [5.41, 5.74) is -0.276. The molecule has 0 atom stereocenters. The lowest BCUT2D eigenvalue weighted by atomic mass is 10.3. The van der Waals surface area contributed by atoms with Gasteiger partial charge in [0.1, 0.15) is 4.90 Å². The van der Waals surface area contributed by atoms with Crippen LogP contribution in [0.2, 0.25) is 10.0 Å². The van der Waals surface area contributed by atoms with Crippen molar-refractivity contribution >= 4 is 62.4 Å². The van der Waals surface area contributed by atoms with E-state index in [9.17, 15) is 18.5 Å². The Morgan fingerprint density at radius 3 is 2.44 bits per heavy atom. The lowest BCUT2D eigenvalue weighted by Crippen LogP contribution is -2.38. The van der Waals surface area contributed by atoms with Gasteiger partial charge in [0.25, 0.3) is 5.69 Å². The van der Waals surface area contributed by atoms with Crippen molar-refractivity contribution in [3.8, 4) is 0 Å². The highest BCUT2D eigenvalue weighted by atomic mass is 35.5. The third-order valence-corrected chi connectivity index (χ3v) is 8.66. The van der Waals surface area contributed by atoms with Gasteiger partial charge in [0.15, 0.2) is 0 Å². The van der Waals surface area contributed by atoms with Crippen molar-refractivity contribution in [2.24, 2.45) is 0 Å². The Labute approximate surface area is 175 Å². The Balaban J connectivity index is 2.08. The first-order valence-corrected chi connectivity index (χ1v) is 11.9. The fourth-order valence-electron chi connectivity index (χ4n) is 2.50. The summed E-state index contributed by atoms with van der Waals surface area (Å²) in [7, 11) is -3.87. The first-order chi connectivity index (χ1) is 12.8. The maximum atomic E-state index is 13.1. The Kier molecular flexibility index (Phi) is 6.60. The molecule has 1 fully saturated rings. The number of thioether (sulfide) groups is 1. The second kappa shape index (κ2) is 8.59. The van der Waals surface area contributed by atoms with Crippen molar-refractivity contribution in [3.63, 3.8) is 0 Å². The predicted octanol–water partition coefficient (Wildman–Crippen LogP) is 4.79. The van der Waals surface area contributed by atoms with Crippen LogP contribution in [0.5, 0.6) is 0 Å². The molecule has 1 heterocycles. The smallest absolute Gasteiger partial charge is 0.258 e. The van der Waals surface area contributed by atoms with E-state index in [1.54, 1.807) is 30.0 Å². The van der Waals surface area contributed by atoms with Crippen molar-refractivity contribution in [2.45, 2.75) is 14.7 Å². The van der Waals surface area contributed by atoms with E-state index >= 15 is 0 Å². The maximum Gasteiger partial charge on any atom is 0.270 e. The molecule has 11 heteroatoms. The average Bonchev–Trinajstić information content (AvgIpc) is 2.65. The Morgan fingerprint density at radius 2 is 1.78 bits per heavy atom. The van der Waals surface area contributed by atoms with Gasteiger partial charge in [0.2, 0.25) is 10.0 Å². The molecule has 1 aliphatic heterocycles. The first-order valence-electron chi connectivity index (χ1n) is 7.78. The van der Waals surface area contributed by atoms with Crippen LogP contribution in [0.15, 0.2) is 51.1 Å². The zero-order valence-electron chi connectivity index (χ0n) is 13.8. The second-order valence-corrected chi connectivity index (χ2v) is 10.6. The summed E-state index contributed by atoms with van der Waals surface area (Å²) >= 11 is 15.0. The third kappa shape index (κ3) is 4.72. The monoisotopic (exact) mass is 464 g/mol. The van der Waals surface area contributed by atoms with Gasteiger partial charge in [-0.2, -0.15) is 16.1 Å². The van der Waals surface area contributed by atoms with Gasteiger partial charge in [-0.3, -0.25) is 10.1 Å². The second-order valence-electron chi connectivity index (χ2n) is 5.58. The summed E-state index contributed by atoms with van der Waals surface area (Å²) in [6, 6.07) is 8.71. The number of nitrogens with zero attached hydrogens (tertiary/aromatic N) is 2. The minimum Gasteiger partial charge on any atom is -0.258 e. The Morgan fingerprint density at radius 1 is 1.07 bits per heavy atom. The molecule has 0 unspecified atom stereocenters. The van der Waals surface area contributed by atoms with Crippen LogP contribution in [0.1, 0.15) is 0 Å². The normalized spacial score (nSPS) is 15.6. The molecule has 3 rings (SSSR count). The molecule has 2 aromatic rings. The fraction of sp³-hybridized carbons (Fsp3) is 0.250. The van der Waals surface area contributed by atoms with Crippen molar-refractivity contribution in [1.29, 1.82) is 0 Å². The zero-order chi connectivity index (χ0) is 19.6. The van der Waals surface area contributed by atoms with Crippen molar-refractivity contribution < 1.29 is 13.3 Å². The molecule has 0 N–H and O–H groups in total. The summed E-state index contributed by atoms with van der Waals surface area (Å²) in [5, 5.41) is 12.0. The van der Waals surface area contributed by atoms with Crippen molar-refractivity contribution in [2.75, 3.05) is 24.6 Å². The number of benzene rings is 2. The van der Waals surface area contributed by atoms with Crippen LogP contribution in [-0.4, -0.2) is 42.2 Å². The van der Waals surface area contributed by atoms with Crippen molar-refractivity contribution in [3.05, 3.63) is 56.6 Å². The predicted molar refractivity (Wildman–Crippen MR) is 110 cm³/mol. The van der Waals surface area contributed by atoms with Crippen LogP contribution < -0.4 is 0 Å². The zero-order valence-corrected chi connectivity index (χ0v) is 17.8. The molecular formula is C16H14Cl2N2O4S3. The largest absolute Gasteiger partial charge is 0.270 e. The molecule has 0 amide bonds. The molecule has 1 aliphatic rings. The number of sulfonamides is 1. The van der Waals surface area contributed by atoms with E-state index in [-0.39, 0.29) is 10.6 Å². The quantitative estimate of drug-likeness (QED) is 0.467. The van der Waals surface area contributed by atoms with Crippen LogP contribution >= 0.6 is 46.7 Å². The number of rotatable bonds is 5. The van der Waals surface area contributed by atoms with E-state index in [0.717, 1.165) is 17.8 Å². The minimum atomic E-state index is -3.87. The SMILES string of the molecule is O=[N+]([O-])c1ccc(Sc2cc(Cl)ccc2Cl)c(S(=O)(=O)N2CCSCC2)c1. The number of nitro groups is 1. The number of non-ortho nitro benzene ring substituents is 1. The average molecular weight is 465 g/mol. The van der Waals surface area contributed by atoms with Gasteiger partial charge in [-0.05, 0) is 24.3 Å². The van der Waals surface area contributed by atoms with Gasteiger partial charge in [-0.25, -0.2) is 8.42 Å². The topological polar surface area (TPSA) is 80.5 Å². The van der Waals surface area contributed by atoms with Crippen LogP contribution in [0.3, 0.4) is 0 Å². The summed E-state index contributed by atoms with van der Waals surface area (Å²) in [5.74, 6) is 1.38. The molecule has 0 aliphatic carbocycles. The molecule has 144 valence electrons. The number of hydrogen-bond acceptors (Lipinski definition) is 6. The van der Waals surface area contributed by atoms with Crippen LogP contribution in [-0.2, 0) is 10.0 Å². The number of nitro benzene ring substituents is 1. The van der Waals surface area contributed by atoms with Crippen molar-refractivity contribution in [1.82, 2.24) is 4.31 Å². The molecule has 6 nitrogen and oxygen atoms in total. The van der Waals surface area contributed by atoms with Gasteiger partial charge in [-0.1, -0.05) is 35.0 Å². The van der Waals surface area contributed by atoms with E-state index in [1.165, 1.54) is 16.4 Å². The molecule has 0 saturated carbocycles. The summed E-state index contributed by atoms with van der Waals surface area (Å²) in [6.45, 7) is 0.745. The Bertz CT molecular complexity index is 980. The number of hydrogen-bond donors (Lipinski definition) is 0. The molecule has 0 spiro atoms. The molecule has 0 bridgehead atoms. The molecule has 27 heavy (non-hydrogen) atoms. The highest BCUT2D eigenvalue weighted by Gasteiger charge is 2.30. The molecule has 2 aromatic carbocycles. The van der Waals surface area contributed by atoms with Crippen LogP contribution in [0.25, 0.3) is 0 Å². The summed E-state index contributed by atoms with van der Waals surface area (Å²) in [6.07, 6.45) is 0. The number of halogens is 2. The van der Waals surface area contributed by atoms with Gasteiger partial charge in [0, 0.05) is 51.5 Å². The minimum absolute atomic E-state index is 0.0929. The Hall–Kier alpha value is -0.970. The van der Waals surface area contributed by atoms with E-state index < -0.39 is 14.9 Å². The molecular weight excluding hydrogens is 451 g/mol. The first kappa shape index (κ1) is 20.8. The molecule has 0 aromatic heterocycles. The highest BCUT2D eigenvalue weighted by molar-refractivity contribution is 8.00. The van der Waals surface area contributed by atoms with Gasteiger partial charge >= 0.3 is 0 Å².